The molecule has 0 radical (unpaired) electrons. The number of rotatable bonds is 6. The lowest BCUT2D eigenvalue weighted by Crippen LogP contribution is -2.48. The molecule has 0 aliphatic carbocycles. The van der Waals surface area contributed by atoms with Crippen LogP contribution in [0, 0.1) is 0 Å². The molecule has 0 aromatic heterocycles. The minimum atomic E-state index is -1.01. The van der Waals surface area contributed by atoms with Crippen LogP contribution in [0.15, 0.2) is 0 Å². The van der Waals surface area contributed by atoms with E-state index in [1.54, 1.807) is 6.92 Å². The van der Waals surface area contributed by atoms with Crippen molar-refractivity contribution in [1.82, 2.24) is 10.6 Å². The van der Waals surface area contributed by atoms with Gasteiger partial charge in [-0.1, -0.05) is 0 Å². The second-order valence-corrected chi connectivity index (χ2v) is 5.82. The summed E-state index contributed by atoms with van der Waals surface area (Å²) < 4.78 is 5.34. The normalized spacial score (nSPS) is 21.7. The largest absolute Gasteiger partial charge is 0.387 e. The van der Waals surface area contributed by atoms with Crippen LogP contribution >= 0.6 is 11.8 Å². The fourth-order valence-corrected chi connectivity index (χ4v) is 2.53. The van der Waals surface area contributed by atoms with Crippen LogP contribution in [-0.4, -0.2) is 60.3 Å². The number of carbonyl (C=O) groups excluding carboxylic acids is 2. The summed E-state index contributed by atoms with van der Waals surface area (Å²) in [5, 5.41) is 14.8. The van der Waals surface area contributed by atoms with Gasteiger partial charge in [-0.2, -0.15) is 11.8 Å². The molecule has 7 heteroatoms. The molecule has 2 atom stereocenters. The molecule has 2 amide bonds. The Bertz CT molecular complexity index is 317. The number of thioether (sulfide) groups is 1. The molecule has 1 saturated heterocycles. The van der Waals surface area contributed by atoms with Crippen molar-refractivity contribution < 1.29 is 19.4 Å². The summed E-state index contributed by atoms with van der Waals surface area (Å²) in [6, 6.07) is 0. The molecular formula is C12H22N2O4S. The maximum absolute atomic E-state index is 11.5. The standard InChI is InChI=1S/C12H22N2O4S/c1-12(17,8-19-2)7-14-11(16)10(15)13-6-9-4-3-5-18-9/h9,17H,3-8H2,1-2H3,(H,13,15)(H,14,16)/t9-,12-/m1/s1. The van der Waals surface area contributed by atoms with Gasteiger partial charge in [-0.25, -0.2) is 0 Å². The molecule has 1 fully saturated rings. The summed E-state index contributed by atoms with van der Waals surface area (Å²) in [4.78, 5) is 23.0. The minimum absolute atomic E-state index is 0.0105. The monoisotopic (exact) mass is 290 g/mol. The summed E-state index contributed by atoms with van der Waals surface area (Å²) in [6.45, 7) is 2.74. The van der Waals surface area contributed by atoms with Gasteiger partial charge in [0.1, 0.15) is 0 Å². The molecule has 0 saturated carbocycles. The second kappa shape index (κ2) is 7.72. The lowest BCUT2D eigenvalue weighted by atomic mass is 10.1. The fraction of sp³-hybridized carbons (Fsp3) is 0.833. The van der Waals surface area contributed by atoms with Gasteiger partial charge in [0.2, 0.25) is 0 Å². The molecule has 0 aromatic carbocycles. The van der Waals surface area contributed by atoms with Crippen LogP contribution in [0.3, 0.4) is 0 Å². The van der Waals surface area contributed by atoms with E-state index in [2.05, 4.69) is 10.6 Å². The van der Waals surface area contributed by atoms with E-state index in [0.717, 1.165) is 12.8 Å². The van der Waals surface area contributed by atoms with Crippen molar-refractivity contribution in [2.45, 2.75) is 31.5 Å². The van der Waals surface area contributed by atoms with Crippen molar-refractivity contribution in [2.24, 2.45) is 0 Å². The molecule has 6 nitrogen and oxygen atoms in total. The van der Waals surface area contributed by atoms with Gasteiger partial charge in [0, 0.05) is 25.4 Å². The van der Waals surface area contributed by atoms with E-state index in [0.29, 0.717) is 18.9 Å². The Morgan fingerprint density at radius 3 is 2.68 bits per heavy atom. The average Bonchev–Trinajstić information content (AvgIpc) is 2.86. The van der Waals surface area contributed by atoms with Crippen LogP contribution in [0.5, 0.6) is 0 Å². The van der Waals surface area contributed by atoms with E-state index in [9.17, 15) is 14.7 Å². The second-order valence-electron chi connectivity index (χ2n) is 4.96. The molecule has 1 aliphatic heterocycles. The topological polar surface area (TPSA) is 87.7 Å². The number of nitrogens with one attached hydrogen (secondary N) is 2. The van der Waals surface area contributed by atoms with E-state index in [-0.39, 0.29) is 12.6 Å². The Morgan fingerprint density at radius 1 is 1.42 bits per heavy atom. The van der Waals surface area contributed by atoms with Gasteiger partial charge in [0.25, 0.3) is 0 Å². The highest BCUT2D eigenvalue weighted by atomic mass is 32.2. The number of carbonyl (C=O) groups is 2. The van der Waals surface area contributed by atoms with E-state index in [1.807, 2.05) is 6.26 Å². The maximum atomic E-state index is 11.5. The molecule has 0 unspecified atom stereocenters. The summed E-state index contributed by atoms with van der Waals surface area (Å²) in [7, 11) is 0. The first-order valence-electron chi connectivity index (χ1n) is 6.33. The minimum Gasteiger partial charge on any atom is -0.387 e. The zero-order valence-corrected chi connectivity index (χ0v) is 12.2. The summed E-state index contributed by atoms with van der Waals surface area (Å²) in [6.07, 6.45) is 3.77. The Morgan fingerprint density at radius 2 is 2.11 bits per heavy atom. The lowest BCUT2D eigenvalue weighted by Gasteiger charge is -2.22. The third-order valence-electron chi connectivity index (χ3n) is 2.81. The van der Waals surface area contributed by atoms with Crippen molar-refractivity contribution in [1.29, 1.82) is 0 Å². The fourth-order valence-electron chi connectivity index (χ4n) is 1.81. The van der Waals surface area contributed by atoms with E-state index < -0.39 is 17.4 Å². The van der Waals surface area contributed by atoms with E-state index in [1.165, 1.54) is 11.8 Å². The van der Waals surface area contributed by atoms with Gasteiger partial charge in [-0.3, -0.25) is 9.59 Å². The molecule has 1 aliphatic rings. The van der Waals surface area contributed by atoms with Gasteiger partial charge >= 0.3 is 11.8 Å². The van der Waals surface area contributed by atoms with Crippen molar-refractivity contribution >= 4 is 23.6 Å². The van der Waals surface area contributed by atoms with Gasteiger partial charge in [-0.05, 0) is 26.0 Å². The highest BCUT2D eigenvalue weighted by molar-refractivity contribution is 7.98. The quantitative estimate of drug-likeness (QED) is 0.575. The molecular weight excluding hydrogens is 268 g/mol. The van der Waals surface area contributed by atoms with E-state index >= 15 is 0 Å². The Balaban J connectivity index is 2.22. The van der Waals surface area contributed by atoms with Crippen LogP contribution in [0.1, 0.15) is 19.8 Å². The van der Waals surface area contributed by atoms with Gasteiger partial charge < -0.3 is 20.5 Å². The summed E-state index contributed by atoms with van der Waals surface area (Å²) in [5.74, 6) is -0.917. The van der Waals surface area contributed by atoms with Crippen molar-refractivity contribution in [3.05, 3.63) is 0 Å². The summed E-state index contributed by atoms with van der Waals surface area (Å²) in [5.41, 5.74) is -1.01. The zero-order valence-electron chi connectivity index (χ0n) is 11.4. The highest BCUT2D eigenvalue weighted by Crippen LogP contribution is 2.10. The average molecular weight is 290 g/mol. The molecule has 0 bridgehead atoms. The maximum Gasteiger partial charge on any atom is 0.309 e. The van der Waals surface area contributed by atoms with Gasteiger partial charge in [0.05, 0.1) is 11.7 Å². The predicted molar refractivity (Wildman–Crippen MR) is 74.0 cm³/mol. The molecule has 3 N–H and O–H groups in total. The first-order chi connectivity index (χ1) is 8.94. The first-order valence-corrected chi connectivity index (χ1v) is 7.73. The van der Waals surface area contributed by atoms with Gasteiger partial charge in [-0.15, -0.1) is 0 Å². The number of aliphatic hydroxyl groups is 1. The van der Waals surface area contributed by atoms with Crippen LogP contribution in [0.4, 0.5) is 0 Å². The molecule has 19 heavy (non-hydrogen) atoms. The molecule has 1 heterocycles. The lowest BCUT2D eigenvalue weighted by molar-refractivity contribution is -0.139. The Kier molecular flexibility index (Phi) is 6.60. The van der Waals surface area contributed by atoms with Crippen LogP contribution in [-0.2, 0) is 14.3 Å². The van der Waals surface area contributed by atoms with Crippen LogP contribution in [0.2, 0.25) is 0 Å². The highest BCUT2D eigenvalue weighted by Gasteiger charge is 2.23. The van der Waals surface area contributed by atoms with Crippen LogP contribution < -0.4 is 10.6 Å². The number of amides is 2. The molecule has 0 spiro atoms. The molecule has 0 aromatic rings. The Hall–Kier alpha value is -0.790. The number of ether oxygens (including phenoxy) is 1. The molecule has 110 valence electrons. The van der Waals surface area contributed by atoms with Gasteiger partial charge in [0.15, 0.2) is 0 Å². The van der Waals surface area contributed by atoms with Crippen LogP contribution in [0.25, 0.3) is 0 Å². The van der Waals surface area contributed by atoms with Crippen molar-refractivity contribution in [2.75, 3.05) is 31.7 Å². The smallest absolute Gasteiger partial charge is 0.309 e. The zero-order chi connectivity index (χ0) is 14.3. The first kappa shape index (κ1) is 16.3. The summed E-state index contributed by atoms with van der Waals surface area (Å²) >= 11 is 1.48. The Labute approximate surface area is 117 Å². The number of hydrogen-bond donors (Lipinski definition) is 3. The SMILES string of the molecule is CSC[C@](C)(O)CNC(=O)C(=O)NC[C@H]1CCCO1. The number of hydrogen-bond acceptors (Lipinski definition) is 5. The third-order valence-corrected chi connectivity index (χ3v) is 3.72. The molecule has 1 rings (SSSR count). The van der Waals surface area contributed by atoms with Crippen molar-refractivity contribution in [3.63, 3.8) is 0 Å². The predicted octanol–water partition coefficient (Wildman–Crippen LogP) is -0.488. The third kappa shape index (κ3) is 6.26. The van der Waals surface area contributed by atoms with Crippen molar-refractivity contribution in [3.8, 4) is 0 Å². The van der Waals surface area contributed by atoms with E-state index in [4.69, 9.17) is 4.74 Å².